The summed E-state index contributed by atoms with van der Waals surface area (Å²) in [6.45, 7) is -0.166. The zero-order valence-electron chi connectivity index (χ0n) is 11.3. The molecule has 20 heavy (non-hydrogen) atoms. The molecule has 1 aromatic carbocycles. The lowest BCUT2D eigenvalue weighted by atomic mass is 10.3. The minimum absolute atomic E-state index is 0.0160. The number of carbonyl (C=O) groups excluding carboxylic acids is 2. The lowest BCUT2D eigenvalue weighted by molar-refractivity contribution is -0.136. The van der Waals surface area contributed by atoms with Crippen LogP contribution in [-0.4, -0.2) is 43.0 Å². The van der Waals surface area contributed by atoms with Crippen LogP contribution in [0.5, 0.6) is 5.75 Å². The first-order valence-corrected chi connectivity index (χ1v) is 6.46. The Hall–Kier alpha value is -2.11. The highest BCUT2D eigenvalue weighted by atomic mass is 19.1. The number of benzene rings is 1. The molecule has 1 aliphatic carbocycles. The summed E-state index contributed by atoms with van der Waals surface area (Å²) in [4.78, 5) is 24.6. The van der Waals surface area contributed by atoms with Crippen molar-refractivity contribution in [3.05, 3.63) is 30.1 Å². The van der Waals surface area contributed by atoms with Crippen molar-refractivity contribution < 1.29 is 18.7 Å². The van der Waals surface area contributed by atoms with Crippen LogP contribution in [0.1, 0.15) is 12.8 Å². The average Bonchev–Trinajstić information content (AvgIpc) is 3.21. The van der Waals surface area contributed by atoms with Crippen LogP contribution in [0.25, 0.3) is 0 Å². The van der Waals surface area contributed by atoms with Crippen molar-refractivity contribution in [1.82, 2.24) is 10.2 Å². The number of nitrogens with one attached hydrogen (secondary N) is 1. The maximum Gasteiger partial charge on any atom is 0.260 e. The maximum absolute atomic E-state index is 12.7. The van der Waals surface area contributed by atoms with Crippen molar-refractivity contribution in [2.24, 2.45) is 0 Å². The van der Waals surface area contributed by atoms with Crippen molar-refractivity contribution in [2.45, 2.75) is 18.9 Å². The highest BCUT2D eigenvalue weighted by Crippen LogP contribution is 2.18. The number of likely N-dealkylation sites (N-methyl/N-ethyl adjacent to an activating group) is 1. The van der Waals surface area contributed by atoms with Gasteiger partial charge in [0.1, 0.15) is 11.6 Å². The average molecular weight is 280 g/mol. The van der Waals surface area contributed by atoms with Gasteiger partial charge in [-0.25, -0.2) is 4.39 Å². The van der Waals surface area contributed by atoms with Gasteiger partial charge in [-0.15, -0.1) is 0 Å². The van der Waals surface area contributed by atoms with E-state index in [1.807, 2.05) is 0 Å². The molecular formula is C14H17FN2O3. The summed E-state index contributed by atoms with van der Waals surface area (Å²) in [6.07, 6.45) is 2.02. The number of nitrogens with zero attached hydrogens (tertiary/aromatic N) is 1. The molecule has 0 radical (unpaired) electrons. The molecule has 0 saturated heterocycles. The van der Waals surface area contributed by atoms with Crippen LogP contribution in [0.15, 0.2) is 24.3 Å². The largest absolute Gasteiger partial charge is 0.484 e. The summed E-state index contributed by atoms with van der Waals surface area (Å²) < 4.78 is 17.9. The molecule has 0 heterocycles. The Labute approximate surface area is 116 Å². The molecule has 0 spiro atoms. The zero-order chi connectivity index (χ0) is 14.5. The number of halogens is 1. The summed E-state index contributed by atoms with van der Waals surface area (Å²) in [7, 11) is 1.54. The molecule has 6 heteroatoms. The minimum Gasteiger partial charge on any atom is -0.484 e. The van der Waals surface area contributed by atoms with Gasteiger partial charge in [-0.05, 0) is 37.1 Å². The van der Waals surface area contributed by atoms with E-state index in [1.165, 1.54) is 29.2 Å². The fourth-order valence-electron chi connectivity index (χ4n) is 1.59. The van der Waals surface area contributed by atoms with Crippen LogP contribution < -0.4 is 10.1 Å². The van der Waals surface area contributed by atoms with E-state index in [0.29, 0.717) is 5.75 Å². The second-order valence-electron chi connectivity index (χ2n) is 4.83. The normalized spacial score (nSPS) is 13.7. The van der Waals surface area contributed by atoms with Crippen molar-refractivity contribution in [3.63, 3.8) is 0 Å². The van der Waals surface area contributed by atoms with E-state index in [4.69, 9.17) is 4.74 Å². The summed E-state index contributed by atoms with van der Waals surface area (Å²) in [5.41, 5.74) is 0. The Kier molecular flexibility index (Phi) is 4.55. The molecule has 1 N–H and O–H groups in total. The minimum atomic E-state index is -0.363. The monoisotopic (exact) mass is 280 g/mol. The zero-order valence-corrected chi connectivity index (χ0v) is 11.3. The number of carbonyl (C=O) groups is 2. The van der Waals surface area contributed by atoms with E-state index in [9.17, 15) is 14.0 Å². The van der Waals surface area contributed by atoms with Gasteiger partial charge in [0.2, 0.25) is 5.91 Å². The molecule has 1 aromatic rings. The summed E-state index contributed by atoms with van der Waals surface area (Å²) >= 11 is 0. The first kappa shape index (κ1) is 14.3. The molecule has 1 aliphatic rings. The van der Waals surface area contributed by atoms with Gasteiger partial charge in [0, 0.05) is 13.1 Å². The Bertz CT molecular complexity index is 486. The number of hydrogen-bond donors (Lipinski definition) is 1. The molecule has 0 aromatic heterocycles. The van der Waals surface area contributed by atoms with Gasteiger partial charge >= 0.3 is 0 Å². The molecule has 1 fully saturated rings. The highest BCUT2D eigenvalue weighted by molar-refractivity contribution is 5.85. The van der Waals surface area contributed by atoms with Crippen LogP contribution in [0, 0.1) is 5.82 Å². The molecule has 5 nitrogen and oxygen atoms in total. The number of rotatable bonds is 6. The van der Waals surface area contributed by atoms with Crippen LogP contribution >= 0.6 is 0 Å². The molecular weight excluding hydrogens is 263 g/mol. The standard InChI is InChI=1S/C14H17FN2O3/c1-17(8-13(18)16-11-4-5-11)14(19)9-20-12-6-2-10(15)3-7-12/h2-3,6-7,11H,4-5,8-9H2,1H3,(H,16,18). The van der Waals surface area contributed by atoms with Crippen LogP contribution in [0.2, 0.25) is 0 Å². The lowest BCUT2D eigenvalue weighted by Crippen LogP contribution is -2.40. The van der Waals surface area contributed by atoms with Gasteiger partial charge in [-0.2, -0.15) is 0 Å². The van der Waals surface area contributed by atoms with Crippen molar-refractivity contribution in [3.8, 4) is 5.75 Å². The van der Waals surface area contributed by atoms with Gasteiger partial charge < -0.3 is 15.0 Å². The second-order valence-corrected chi connectivity index (χ2v) is 4.83. The summed E-state index contributed by atoms with van der Waals surface area (Å²) in [5.74, 6) is -0.418. The fourth-order valence-corrected chi connectivity index (χ4v) is 1.59. The lowest BCUT2D eigenvalue weighted by Gasteiger charge is -2.17. The first-order valence-electron chi connectivity index (χ1n) is 6.46. The van der Waals surface area contributed by atoms with E-state index >= 15 is 0 Å². The molecule has 2 rings (SSSR count). The van der Waals surface area contributed by atoms with Crippen LogP contribution in [0.3, 0.4) is 0 Å². The Morgan fingerprint density at radius 2 is 2.00 bits per heavy atom. The van der Waals surface area contributed by atoms with Crippen LogP contribution in [-0.2, 0) is 9.59 Å². The van der Waals surface area contributed by atoms with Crippen molar-refractivity contribution >= 4 is 11.8 Å². The van der Waals surface area contributed by atoms with E-state index < -0.39 is 0 Å². The van der Waals surface area contributed by atoms with E-state index in [0.717, 1.165) is 12.8 Å². The van der Waals surface area contributed by atoms with E-state index in [2.05, 4.69) is 5.32 Å². The van der Waals surface area contributed by atoms with Gasteiger partial charge in [-0.1, -0.05) is 0 Å². The molecule has 2 amide bonds. The van der Waals surface area contributed by atoms with Gasteiger partial charge in [0.25, 0.3) is 5.91 Å². The predicted molar refractivity (Wildman–Crippen MR) is 70.7 cm³/mol. The third-order valence-corrected chi connectivity index (χ3v) is 2.92. The molecule has 1 saturated carbocycles. The third kappa shape index (κ3) is 4.53. The predicted octanol–water partition coefficient (Wildman–Crippen LogP) is 0.942. The van der Waals surface area contributed by atoms with Gasteiger partial charge in [-0.3, -0.25) is 9.59 Å². The summed E-state index contributed by atoms with van der Waals surface area (Å²) in [6, 6.07) is 5.69. The Morgan fingerprint density at radius 1 is 1.35 bits per heavy atom. The first-order chi connectivity index (χ1) is 9.54. The number of amides is 2. The molecule has 0 aliphatic heterocycles. The van der Waals surface area contributed by atoms with E-state index in [1.54, 1.807) is 7.05 Å². The highest BCUT2D eigenvalue weighted by Gasteiger charge is 2.24. The summed E-state index contributed by atoms with van der Waals surface area (Å²) in [5, 5.41) is 2.80. The SMILES string of the molecule is CN(CC(=O)NC1CC1)C(=O)COc1ccc(F)cc1. The topological polar surface area (TPSA) is 58.6 Å². The van der Waals surface area contributed by atoms with Gasteiger partial charge in [0.05, 0.1) is 6.54 Å². The quantitative estimate of drug-likeness (QED) is 0.843. The smallest absolute Gasteiger partial charge is 0.260 e. The fraction of sp³-hybridized carbons (Fsp3) is 0.429. The number of hydrogen-bond acceptors (Lipinski definition) is 3. The molecule has 0 atom stereocenters. The number of ether oxygens (including phenoxy) is 1. The second kappa shape index (κ2) is 6.36. The third-order valence-electron chi connectivity index (χ3n) is 2.92. The van der Waals surface area contributed by atoms with Gasteiger partial charge in [0.15, 0.2) is 6.61 Å². The van der Waals surface area contributed by atoms with Crippen molar-refractivity contribution in [1.29, 1.82) is 0 Å². The Balaban J connectivity index is 1.72. The van der Waals surface area contributed by atoms with Crippen molar-refractivity contribution in [2.75, 3.05) is 20.2 Å². The van der Waals surface area contributed by atoms with E-state index in [-0.39, 0.29) is 36.8 Å². The maximum atomic E-state index is 12.7. The molecule has 108 valence electrons. The van der Waals surface area contributed by atoms with Crippen LogP contribution in [0.4, 0.5) is 4.39 Å². The molecule has 0 bridgehead atoms. The Morgan fingerprint density at radius 3 is 2.60 bits per heavy atom. The molecule has 0 unspecified atom stereocenters.